The van der Waals surface area contributed by atoms with Crippen LogP contribution in [0.25, 0.3) is 0 Å². The maximum absolute atomic E-state index is 13.1. The second-order valence-corrected chi connectivity index (χ2v) is 5.20. The van der Waals surface area contributed by atoms with E-state index in [1.165, 1.54) is 6.07 Å². The van der Waals surface area contributed by atoms with E-state index in [0.717, 1.165) is 24.3 Å². The standard InChI is InChI=1S/C15H16BrFN2O/c1-2-7-18-15-6-3-11(9-19-15)10-20-12-4-5-14(17)13(16)8-12/h3-6,8-9H,2,7,10H2,1H3,(H,18,19). The van der Waals surface area contributed by atoms with Gasteiger partial charge in [-0.15, -0.1) is 0 Å². The zero-order valence-electron chi connectivity index (χ0n) is 11.2. The number of nitrogens with zero attached hydrogens (tertiary/aromatic N) is 1. The Morgan fingerprint density at radius 2 is 2.15 bits per heavy atom. The number of pyridine rings is 1. The van der Waals surface area contributed by atoms with Crippen molar-refractivity contribution in [1.82, 2.24) is 4.98 Å². The van der Waals surface area contributed by atoms with Gasteiger partial charge in [-0.25, -0.2) is 9.37 Å². The van der Waals surface area contributed by atoms with Crippen LogP contribution in [0.1, 0.15) is 18.9 Å². The van der Waals surface area contributed by atoms with Gasteiger partial charge < -0.3 is 10.1 Å². The third-order valence-corrected chi connectivity index (χ3v) is 3.29. The van der Waals surface area contributed by atoms with Crippen LogP contribution in [0.5, 0.6) is 5.75 Å². The molecule has 0 saturated carbocycles. The number of hydrogen-bond donors (Lipinski definition) is 1. The Labute approximate surface area is 126 Å². The van der Waals surface area contributed by atoms with Crippen molar-refractivity contribution < 1.29 is 9.13 Å². The molecule has 2 rings (SSSR count). The summed E-state index contributed by atoms with van der Waals surface area (Å²) in [5.74, 6) is 1.18. The first-order valence-electron chi connectivity index (χ1n) is 6.45. The molecule has 106 valence electrons. The third-order valence-electron chi connectivity index (χ3n) is 2.68. The van der Waals surface area contributed by atoms with E-state index < -0.39 is 0 Å². The van der Waals surface area contributed by atoms with Crippen LogP contribution in [0.3, 0.4) is 0 Å². The Balaban J connectivity index is 1.91. The van der Waals surface area contributed by atoms with Crippen molar-refractivity contribution in [2.75, 3.05) is 11.9 Å². The predicted molar refractivity (Wildman–Crippen MR) is 81.4 cm³/mol. The molecule has 0 amide bonds. The van der Waals surface area contributed by atoms with E-state index >= 15 is 0 Å². The number of anilines is 1. The number of aromatic nitrogens is 1. The highest BCUT2D eigenvalue weighted by atomic mass is 79.9. The van der Waals surface area contributed by atoms with E-state index in [0.29, 0.717) is 16.8 Å². The van der Waals surface area contributed by atoms with Crippen molar-refractivity contribution in [3.63, 3.8) is 0 Å². The average molecular weight is 339 g/mol. The Kier molecular flexibility index (Phi) is 5.35. The van der Waals surface area contributed by atoms with Crippen LogP contribution in [0.2, 0.25) is 0 Å². The molecule has 0 atom stereocenters. The largest absolute Gasteiger partial charge is 0.489 e. The van der Waals surface area contributed by atoms with Crippen LogP contribution in [-0.4, -0.2) is 11.5 Å². The molecule has 0 radical (unpaired) electrons. The zero-order chi connectivity index (χ0) is 14.4. The fourth-order valence-corrected chi connectivity index (χ4v) is 1.96. The predicted octanol–water partition coefficient (Wildman–Crippen LogP) is 4.38. The SMILES string of the molecule is CCCNc1ccc(COc2ccc(F)c(Br)c2)cn1. The van der Waals surface area contributed by atoms with Gasteiger partial charge in [-0.05, 0) is 46.6 Å². The van der Waals surface area contributed by atoms with Crippen molar-refractivity contribution in [2.45, 2.75) is 20.0 Å². The summed E-state index contributed by atoms with van der Waals surface area (Å²) in [6, 6.07) is 8.47. The first-order chi connectivity index (χ1) is 9.69. The summed E-state index contributed by atoms with van der Waals surface area (Å²) in [4.78, 5) is 4.30. The molecule has 0 aliphatic carbocycles. The molecule has 20 heavy (non-hydrogen) atoms. The lowest BCUT2D eigenvalue weighted by molar-refractivity contribution is 0.305. The van der Waals surface area contributed by atoms with Crippen molar-refractivity contribution in [2.24, 2.45) is 0 Å². The minimum absolute atomic E-state index is 0.301. The van der Waals surface area contributed by atoms with Crippen LogP contribution in [0.4, 0.5) is 10.2 Å². The van der Waals surface area contributed by atoms with Gasteiger partial charge in [-0.3, -0.25) is 0 Å². The minimum atomic E-state index is -0.301. The number of nitrogens with one attached hydrogen (secondary N) is 1. The summed E-state index contributed by atoms with van der Waals surface area (Å²) in [5, 5.41) is 3.21. The normalized spacial score (nSPS) is 10.3. The molecule has 0 bridgehead atoms. The lowest BCUT2D eigenvalue weighted by Gasteiger charge is -2.08. The van der Waals surface area contributed by atoms with Crippen molar-refractivity contribution >= 4 is 21.7 Å². The molecule has 0 aliphatic heterocycles. The molecule has 3 nitrogen and oxygen atoms in total. The molecule has 1 aromatic heterocycles. The van der Waals surface area contributed by atoms with Crippen molar-refractivity contribution in [1.29, 1.82) is 0 Å². The Bertz CT molecular complexity index is 560. The maximum atomic E-state index is 13.1. The molecule has 2 aromatic rings. The number of ether oxygens (including phenoxy) is 1. The van der Waals surface area contributed by atoms with Gasteiger partial charge in [0.05, 0.1) is 4.47 Å². The van der Waals surface area contributed by atoms with Gasteiger partial charge in [0.15, 0.2) is 0 Å². The lowest BCUT2D eigenvalue weighted by atomic mass is 10.3. The summed E-state index contributed by atoms with van der Waals surface area (Å²) in [6.45, 7) is 3.42. The Morgan fingerprint density at radius 1 is 1.30 bits per heavy atom. The van der Waals surface area contributed by atoms with E-state index in [9.17, 15) is 4.39 Å². The second kappa shape index (κ2) is 7.24. The van der Waals surface area contributed by atoms with Crippen molar-refractivity contribution in [3.05, 3.63) is 52.4 Å². The molecule has 1 heterocycles. The molecule has 1 N–H and O–H groups in total. The monoisotopic (exact) mass is 338 g/mol. The summed E-state index contributed by atoms with van der Waals surface area (Å²) in [5.41, 5.74) is 0.965. The molecule has 0 aliphatic rings. The Morgan fingerprint density at radius 3 is 2.80 bits per heavy atom. The highest BCUT2D eigenvalue weighted by Gasteiger charge is 2.02. The highest BCUT2D eigenvalue weighted by Crippen LogP contribution is 2.22. The first kappa shape index (κ1) is 14.8. The van der Waals surface area contributed by atoms with E-state index in [4.69, 9.17) is 4.74 Å². The average Bonchev–Trinajstić information content (AvgIpc) is 2.47. The topological polar surface area (TPSA) is 34.1 Å². The number of rotatable bonds is 6. The summed E-state index contributed by atoms with van der Waals surface area (Å²) < 4.78 is 19.1. The molecule has 0 fully saturated rings. The molecule has 0 spiro atoms. The Hall–Kier alpha value is -1.62. The van der Waals surface area contributed by atoms with Crippen LogP contribution < -0.4 is 10.1 Å². The minimum Gasteiger partial charge on any atom is -0.489 e. The lowest BCUT2D eigenvalue weighted by Crippen LogP contribution is -2.02. The first-order valence-corrected chi connectivity index (χ1v) is 7.25. The summed E-state index contributed by atoms with van der Waals surface area (Å²) in [6.07, 6.45) is 2.84. The molecular formula is C15H16BrFN2O. The van der Waals surface area contributed by atoms with Crippen LogP contribution in [0, 0.1) is 5.82 Å². The summed E-state index contributed by atoms with van der Waals surface area (Å²) in [7, 11) is 0. The van der Waals surface area contributed by atoms with E-state index in [1.807, 2.05) is 12.1 Å². The maximum Gasteiger partial charge on any atom is 0.137 e. The summed E-state index contributed by atoms with van der Waals surface area (Å²) >= 11 is 3.13. The third kappa shape index (κ3) is 4.20. The number of hydrogen-bond acceptors (Lipinski definition) is 3. The number of halogens is 2. The zero-order valence-corrected chi connectivity index (χ0v) is 12.8. The number of benzene rings is 1. The molecule has 0 unspecified atom stereocenters. The second-order valence-electron chi connectivity index (χ2n) is 4.34. The van der Waals surface area contributed by atoms with E-state index in [-0.39, 0.29) is 5.82 Å². The van der Waals surface area contributed by atoms with Crippen molar-refractivity contribution in [3.8, 4) is 5.75 Å². The fraction of sp³-hybridized carbons (Fsp3) is 0.267. The quantitative estimate of drug-likeness (QED) is 0.848. The highest BCUT2D eigenvalue weighted by molar-refractivity contribution is 9.10. The molecular weight excluding hydrogens is 323 g/mol. The van der Waals surface area contributed by atoms with Gasteiger partial charge in [-0.2, -0.15) is 0 Å². The van der Waals surface area contributed by atoms with Gasteiger partial charge in [0.1, 0.15) is 24.0 Å². The smallest absolute Gasteiger partial charge is 0.137 e. The molecule has 1 aromatic carbocycles. The van der Waals surface area contributed by atoms with Crippen LogP contribution in [-0.2, 0) is 6.61 Å². The van der Waals surface area contributed by atoms with Gasteiger partial charge >= 0.3 is 0 Å². The van der Waals surface area contributed by atoms with E-state index in [2.05, 4.69) is 33.2 Å². The van der Waals surface area contributed by atoms with Crippen LogP contribution >= 0.6 is 15.9 Å². The van der Waals surface area contributed by atoms with Gasteiger partial charge in [0.25, 0.3) is 0 Å². The van der Waals surface area contributed by atoms with Gasteiger partial charge in [0, 0.05) is 18.3 Å². The van der Waals surface area contributed by atoms with Gasteiger partial charge in [-0.1, -0.05) is 13.0 Å². The van der Waals surface area contributed by atoms with E-state index in [1.54, 1.807) is 18.3 Å². The van der Waals surface area contributed by atoms with Gasteiger partial charge in [0.2, 0.25) is 0 Å². The van der Waals surface area contributed by atoms with Crippen LogP contribution in [0.15, 0.2) is 41.0 Å². The fourth-order valence-electron chi connectivity index (χ4n) is 1.60. The molecule has 5 heteroatoms. The molecule has 0 saturated heterocycles.